The number of halogens is 1. The van der Waals surface area contributed by atoms with E-state index in [2.05, 4.69) is 23.3 Å². The molecular weight excluding hydrogens is 310 g/mol. The van der Waals surface area contributed by atoms with Crippen molar-refractivity contribution in [1.82, 2.24) is 10.3 Å². The molecule has 1 heterocycles. The Balaban J connectivity index is 2.17. The topological polar surface area (TPSA) is 57.9 Å². The summed E-state index contributed by atoms with van der Waals surface area (Å²) in [6.45, 7) is 3.97. The van der Waals surface area contributed by atoms with Crippen molar-refractivity contribution in [3.63, 3.8) is 0 Å². The maximum Gasteiger partial charge on any atom is 0.139 e. The van der Waals surface area contributed by atoms with E-state index in [-0.39, 0.29) is 6.10 Å². The molecule has 5 heteroatoms. The summed E-state index contributed by atoms with van der Waals surface area (Å²) >= 11 is 6.04. The zero-order chi connectivity index (χ0) is 16.5. The molecule has 1 aromatic heterocycles. The molecule has 2 rings (SSSR count). The first-order chi connectivity index (χ1) is 11.2. The maximum atomic E-state index is 9.25. The summed E-state index contributed by atoms with van der Waals surface area (Å²) in [6, 6.07) is 11.1. The predicted molar refractivity (Wildman–Crippen MR) is 91.6 cm³/mol. The number of benzene rings is 1. The van der Waals surface area contributed by atoms with Gasteiger partial charge in [0.25, 0.3) is 0 Å². The third-order valence-corrected chi connectivity index (χ3v) is 3.72. The van der Waals surface area contributed by atoms with Crippen molar-refractivity contribution in [2.45, 2.75) is 25.9 Å². The van der Waals surface area contributed by atoms with Crippen LogP contribution in [0.3, 0.4) is 0 Å². The highest BCUT2D eigenvalue weighted by Gasteiger charge is 2.15. The molecule has 0 fully saturated rings. The Morgan fingerprint density at radius 3 is 2.78 bits per heavy atom. The molecule has 0 aliphatic carbocycles. The van der Waals surface area contributed by atoms with E-state index >= 15 is 0 Å². The number of pyridine rings is 1. The van der Waals surface area contributed by atoms with E-state index in [1.807, 2.05) is 12.1 Å². The normalized spacial score (nSPS) is 11.7. The van der Waals surface area contributed by atoms with E-state index in [1.165, 1.54) is 0 Å². The molecule has 0 bridgehead atoms. The summed E-state index contributed by atoms with van der Waals surface area (Å²) in [4.78, 5) is 4.05. The molecular formula is C18H20ClN3O. The lowest BCUT2D eigenvalue weighted by molar-refractivity contribution is 0.191. The Kier molecular flexibility index (Phi) is 6.86. The van der Waals surface area contributed by atoms with Crippen LogP contribution in [0.4, 0.5) is 0 Å². The Labute approximate surface area is 142 Å². The van der Waals surface area contributed by atoms with Crippen molar-refractivity contribution >= 4 is 11.6 Å². The molecule has 4 nitrogen and oxygen atoms in total. The van der Waals surface area contributed by atoms with Gasteiger partial charge in [-0.05, 0) is 55.8 Å². The molecule has 0 radical (unpaired) electrons. The summed E-state index contributed by atoms with van der Waals surface area (Å²) in [5, 5.41) is 13.1. The average molecular weight is 330 g/mol. The van der Waals surface area contributed by atoms with Gasteiger partial charge in [0.05, 0.1) is 5.56 Å². The molecule has 0 saturated heterocycles. The standard InChI is InChI=1S/C18H20ClN3O/c1-2-21-9-3-4-17(14-7-10-22-11-8-14)23-18-12-16(19)6-5-15(18)13-20/h5-8,10-12,17,21H,2-4,9H2,1H3. The van der Waals surface area contributed by atoms with Crippen molar-refractivity contribution in [2.75, 3.05) is 13.1 Å². The summed E-state index contributed by atoms with van der Waals surface area (Å²) < 4.78 is 6.12. The van der Waals surface area contributed by atoms with Crippen LogP contribution in [0.2, 0.25) is 5.02 Å². The van der Waals surface area contributed by atoms with Crippen molar-refractivity contribution in [1.29, 1.82) is 5.26 Å². The van der Waals surface area contributed by atoms with Gasteiger partial charge < -0.3 is 10.1 Å². The molecule has 0 spiro atoms. The summed E-state index contributed by atoms with van der Waals surface area (Å²) in [6.07, 6.45) is 5.18. The van der Waals surface area contributed by atoms with Gasteiger partial charge in [0.15, 0.2) is 0 Å². The molecule has 1 aromatic carbocycles. The van der Waals surface area contributed by atoms with Gasteiger partial charge in [-0.3, -0.25) is 4.98 Å². The second kappa shape index (κ2) is 9.14. The average Bonchev–Trinajstić information content (AvgIpc) is 2.58. The van der Waals surface area contributed by atoms with E-state index in [9.17, 15) is 5.26 Å². The van der Waals surface area contributed by atoms with Crippen LogP contribution >= 0.6 is 11.6 Å². The number of ether oxygens (including phenoxy) is 1. The number of nitriles is 1. The van der Waals surface area contributed by atoms with E-state index in [4.69, 9.17) is 16.3 Å². The first-order valence-corrected chi connectivity index (χ1v) is 8.09. The van der Waals surface area contributed by atoms with Crippen molar-refractivity contribution < 1.29 is 4.74 Å². The summed E-state index contributed by atoms with van der Waals surface area (Å²) in [5.41, 5.74) is 1.53. The van der Waals surface area contributed by atoms with Gasteiger partial charge in [0.1, 0.15) is 17.9 Å². The number of hydrogen-bond acceptors (Lipinski definition) is 4. The third-order valence-electron chi connectivity index (χ3n) is 3.48. The van der Waals surface area contributed by atoms with Crippen molar-refractivity contribution in [3.8, 4) is 11.8 Å². The fourth-order valence-corrected chi connectivity index (χ4v) is 2.46. The Hall–Kier alpha value is -2.09. The number of nitrogens with one attached hydrogen (secondary N) is 1. The van der Waals surface area contributed by atoms with Gasteiger partial charge in [-0.2, -0.15) is 5.26 Å². The molecule has 0 aliphatic heterocycles. The molecule has 0 saturated carbocycles. The third kappa shape index (κ3) is 5.24. The van der Waals surface area contributed by atoms with Gasteiger partial charge in [0, 0.05) is 23.5 Å². The van der Waals surface area contributed by atoms with Crippen LogP contribution in [0.25, 0.3) is 0 Å². The molecule has 1 N–H and O–H groups in total. The van der Waals surface area contributed by atoms with E-state index in [0.29, 0.717) is 16.3 Å². The predicted octanol–water partition coefficient (Wildman–Crippen LogP) is 4.12. The van der Waals surface area contributed by atoms with Crippen LogP contribution in [0.1, 0.15) is 37.0 Å². The van der Waals surface area contributed by atoms with Crippen LogP contribution in [0.15, 0.2) is 42.7 Å². The number of hydrogen-bond donors (Lipinski definition) is 1. The highest BCUT2D eigenvalue weighted by atomic mass is 35.5. The zero-order valence-electron chi connectivity index (χ0n) is 13.1. The highest BCUT2D eigenvalue weighted by Crippen LogP contribution is 2.30. The van der Waals surface area contributed by atoms with Crippen molar-refractivity contribution in [3.05, 3.63) is 58.9 Å². The first kappa shape index (κ1) is 17.3. The fourth-order valence-electron chi connectivity index (χ4n) is 2.30. The minimum absolute atomic E-state index is 0.137. The zero-order valence-corrected chi connectivity index (χ0v) is 13.9. The minimum atomic E-state index is -0.137. The summed E-state index contributed by atoms with van der Waals surface area (Å²) in [7, 11) is 0. The molecule has 1 atom stereocenters. The SMILES string of the molecule is CCNCCCC(Oc1cc(Cl)ccc1C#N)c1ccncc1. The minimum Gasteiger partial charge on any atom is -0.484 e. The summed E-state index contributed by atoms with van der Waals surface area (Å²) in [5.74, 6) is 0.519. The molecule has 23 heavy (non-hydrogen) atoms. The lowest BCUT2D eigenvalue weighted by Crippen LogP contribution is -2.16. The molecule has 0 aliphatic rings. The fraction of sp³-hybridized carbons (Fsp3) is 0.333. The van der Waals surface area contributed by atoms with Crippen LogP contribution in [-0.4, -0.2) is 18.1 Å². The number of nitrogens with zero attached hydrogens (tertiary/aromatic N) is 2. The second-order valence-corrected chi connectivity index (χ2v) is 5.57. The second-order valence-electron chi connectivity index (χ2n) is 5.14. The van der Waals surface area contributed by atoms with Crippen LogP contribution in [0.5, 0.6) is 5.75 Å². The molecule has 1 unspecified atom stereocenters. The van der Waals surface area contributed by atoms with Gasteiger partial charge >= 0.3 is 0 Å². The van der Waals surface area contributed by atoms with Crippen LogP contribution in [-0.2, 0) is 0 Å². The van der Waals surface area contributed by atoms with E-state index in [0.717, 1.165) is 31.5 Å². The van der Waals surface area contributed by atoms with Crippen LogP contribution < -0.4 is 10.1 Å². The number of aromatic nitrogens is 1. The monoisotopic (exact) mass is 329 g/mol. The quantitative estimate of drug-likeness (QED) is 0.740. The van der Waals surface area contributed by atoms with Crippen LogP contribution in [0, 0.1) is 11.3 Å². The largest absolute Gasteiger partial charge is 0.484 e. The smallest absolute Gasteiger partial charge is 0.139 e. The Bertz CT molecular complexity index is 655. The van der Waals surface area contributed by atoms with Crippen molar-refractivity contribution in [2.24, 2.45) is 0 Å². The highest BCUT2D eigenvalue weighted by molar-refractivity contribution is 6.30. The van der Waals surface area contributed by atoms with Gasteiger partial charge in [-0.15, -0.1) is 0 Å². The Morgan fingerprint density at radius 2 is 2.09 bits per heavy atom. The van der Waals surface area contributed by atoms with E-state index < -0.39 is 0 Å². The van der Waals surface area contributed by atoms with E-state index in [1.54, 1.807) is 30.6 Å². The van der Waals surface area contributed by atoms with Gasteiger partial charge in [-0.1, -0.05) is 18.5 Å². The molecule has 120 valence electrons. The molecule has 2 aromatic rings. The lowest BCUT2D eigenvalue weighted by Gasteiger charge is -2.20. The van der Waals surface area contributed by atoms with Gasteiger partial charge in [0.2, 0.25) is 0 Å². The molecule has 0 amide bonds. The first-order valence-electron chi connectivity index (χ1n) is 7.71. The lowest BCUT2D eigenvalue weighted by atomic mass is 10.1. The van der Waals surface area contributed by atoms with Gasteiger partial charge in [-0.25, -0.2) is 0 Å². The maximum absolute atomic E-state index is 9.25. The number of rotatable bonds is 8. The Morgan fingerprint density at radius 1 is 1.30 bits per heavy atom.